The highest BCUT2D eigenvalue weighted by molar-refractivity contribution is 6.43. The lowest BCUT2D eigenvalue weighted by molar-refractivity contribution is -0.120. The van der Waals surface area contributed by atoms with Gasteiger partial charge in [-0.3, -0.25) is 9.59 Å². The van der Waals surface area contributed by atoms with Crippen LogP contribution in [0.4, 0.5) is 0 Å². The van der Waals surface area contributed by atoms with E-state index in [-0.39, 0.29) is 23.0 Å². The molecule has 1 atom stereocenters. The van der Waals surface area contributed by atoms with E-state index in [1.54, 1.807) is 0 Å². The number of carbonyl (C=O) groups excluding carboxylic acids is 2. The maximum absolute atomic E-state index is 12.0. The lowest BCUT2D eigenvalue weighted by Crippen LogP contribution is -2.50. The minimum absolute atomic E-state index is 0.171. The fraction of sp³-hybridized carbons (Fsp3) is 0.429. The van der Waals surface area contributed by atoms with Crippen molar-refractivity contribution in [2.45, 2.75) is 26.2 Å². The number of hydrogen-bond acceptors (Lipinski definition) is 4. The molecule has 2 amide bonds. The largest absolute Gasteiger partial charge is 0.475 e. The topological polar surface area (TPSA) is 98.7 Å². The standard InChI is InChI=1S/C14H19BCl2N2O4/c1-8(2)5-12(15(22)23)19-13(20)7-18-14(21)10-4-3-9(16)6-11(10)17/h3-4,6,8,12,22-23H,5,7H2,1-2H3,(H,18,21)(H,19,20)/t12-/m0/s1. The van der Waals surface area contributed by atoms with Crippen LogP contribution >= 0.6 is 23.2 Å². The average Bonchev–Trinajstić information content (AvgIpc) is 2.43. The zero-order valence-electron chi connectivity index (χ0n) is 12.8. The molecule has 0 heterocycles. The van der Waals surface area contributed by atoms with Crippen molar-refractivity contribution in [3.8, 4) is 0 Å². The molecule has 0 aliphatic rings. The third kappa shape index (κ3) is 6.79. The maximum atomic E-state index is 12.0. The van der Waals surface area contributed by atoms with Crippen molar-refractivity contribution in [3.05, 3.63) is 33.8 Å². The normalized spacial score (nSPS) is 12.0. The molecule has 0 aliphatic carbocycles. The van der Waals surface area contributed by atoms with Crippen LogP contribution in [0.25, 0.3) is 0 Å². The van der Waals surface area contributed by atoms with Crippen molar-refractivity contribution in [1.82, 2.24) is 10.6 Å². The molecule has 0 saturated carbocycles. The molecule has 0 aliphatic heterocycles. The number of rotatable bonds is 7. The molecule has 1 aromatic rings. The Bertz CT molecular complexity index is 570. The number of halogens is 2. The fourth-order valence-corrected chi connectivity index (χ4v) is 2.44. The van der Waals surface area contributed by atoms with E-state index in [2.05, 4.69) is 10.6 Å². The molecule has 0 saturated heterocycles. The third-order valence-electron chi connectivity index (χ3n) is 3.02. The molecule has 0 bridgehead atoms. The van der Waals surface area contributed by atoms with E-state index in [9.17, 15) is 19.6 Å². The summed E-state index contributed by atoms with van der Waals surface area (Å²) in [5.74, 6) is -1.67. The highest BCUT2D eigenvalue weighted by Crippen LogP contribution is 2.20. The van der Waals surface area contributed by atoms with E-state index in [0.717, 1.165) is 0 Å². The van der Waals surface area contributed by atoms with Crippen LogP contribution in [0.15, 0.2) is 18.2 Å². The number of benzene rings is 1. The summed E-state index contributed by atoms with van der Waals surface area (Å²) in [5, 5.41) is 24.0. The van der Waals surface area contributed by atoms with Gasteiger partial charge in [-0.1, -0.05) is 37.0 Å². The summed E-state index contributed by atoms with van der Waals surface area (Å²) in [7, 11) is -1.66. The van der Waals surface area contributed by atoms with Gasteiger partial charge >= 0.3 is 7.12 Å². The Balaban J connectivity index is 2.56. The van der Waals surface area contributed by atoms with Crippen molar-refractivity contribution >= 4 is 42.1 Å². The van der Waals surface area contributed by atoms with Gasteiger partial charge in [0.15, 0.2) is 0 Å². The van der Waals surface area contributed by atoms with Gasteiger partial charge in [0, 0.05) is 5.02 Å². The van der Waals surface area contributed by atoms with Crippen LogP contribution in [0.1, 0.15) is 30.6 Å². The second kappa shape index (κ2) is 9.13. The molecular weight excluding hydrogens is 342 g/mol. The Kier molecular flexibility index (Phi) is 7.84. The van der Waals surface area contributed by atoms with Crippen LogP contribution < -0.4 is 10.6 Å². The summed E-state index contributed by atoms with van der Waals surface area (Å²) in [6.07, 6.45) is 0.403. The smallest absolute Gasteiger partial charge is 0.426 e. The summed E-state index contributed by atoms with van der Waals surface area (Å²) in [6, 6.07) is 4.40. The fourth-order valence-electron chi connectivity index (χ4n) is 1.95. The van der Waals surface area contributed by atoms with Crippen LogP contribution in [-0.2, 0) is 4.79 Å². The van der Waals surface area contributed by atoms with E-state index in [0.29, 0.717) is 11.4 Å². The predicted molar refractivity (Wildman–Crippen MR) is 90.4 cm³/mol. The number of amides is 2. The van der Waals surface area contributed by atoms with Crippen molar-refractivity contribution in [1.29, 1.82) is 0 Å². The summed E-state index contributed by atoms with van der Waals surface area (Å²) < 4.78 is 0. The molecule has 0 unspecified atom stereocenters. The molecule has 0 fully saturated rings. The zero-order chi connectivity index (χ0) is 17.6. The quantitative estimate of drug-likeness (QED) is 0.550. The zero-order valence-corrected chi connectivity index (χ0v) is 14.4. The molecule has 0 aromatic heterocycles. The van der Waals surface area contributed by atoms with E-state index in [4.69, 9.17) is 23.2 Å². The Morgan fingerprint density at radius 2 is 1.91 bits per heavy atom. The molecule has 9 heteroatoms. The Hall–Kier alpha value is -1.28. The van der Waals surface area contributed by atoms with Crippen LogP contribution in [0.5, 0.6) is 0 Å². The summed E-state index contributed by atoms with van der Waals surface area (Å²) >= 11 is 11.7. The minimum Gasteiger partial charge on any atom is -0.426 e. The first-order valence-electron chi connectivity index (χ1n) is 7.09. The molecule has 23 heavy (non-hydrogen) atoms. The lowest BCUT2D eigenvalue weighted by Gasteiger charge is -2.19. The van der Waals surface area contributed by atoms with Crippen LogP contribution in [0.2, 0.25) is 10.0 Å². The Labute approximate surface area is 145 Å². The number of hydrogen-bond donors (Lipinski definition) is 4. The van der Waals surface area contributed by atoms with Crippen LogP contribution in [0.3, 0.4) is 0 Å². The molecule has 1 rings (SSSR count). The van der Waals surface area contributed by atoms with Gasteiger partial charge in [-0.25, -0.2) is 0 Å². The molecular formula is C14H19BCl2N2O4. The predicted octanol–water partition coefficient (Wildman–Crippen LogP) is 1.27. The number of carbonyl (C=O) groups is 2. The van der Waals surface area contributed by atoms with Gasteiger partial charge in [-0.05, 0) is 30.5 Å². The van der Waals surface area contributed by atoms with Gasteiger partial charge in [-0.2, -0.15) is 0 Å². The van der Waals surface area contributed by atoms with Crippen LogP contribution in [-0.4, -0.2) is 41.5 Å². The van der Waals surface area contributed by atoms with Gasteiger partial charge in [0.1, 0.15) is 0 Å². The maximum Gasteiger partial charge on any atom is 0.475 e. The second-order valence-corrected chi connectivity index (χ2v) is 6.37. The Morgan fingerprint density at radius 3 is 2.43 bits per heavy atom. The molecule has 0 radical (unpaired) electrons. The second-order valence-electron chi connectivity index (χ2n) is 5.52. The molecule has 0 spiro atoms. The summed E-state index contributed by atoms with van der Waals surface area (Å²) in [4.78, 5) is 23.8. The van der Waals surface area contributed by atoms with Gasteiger partial charge in [0.25, 0.3) is 5.91 Å². The van der Waals surface area contributed by atoms with E-state index >= 15 is 0 Å². The first-order chi connectivity index (χ1) is 10.7. The van der Waals surface area contributed by atoms with Gasteiger partial charge in [-0.15, -0.1) is 0 Å². The molecule has 126 valence electrons. The minimum atomic E-state index is -1.66. The Morgan fingerprint density at radius 1 is 1.26 bits per heavy atom. The van der Waals surface area contributed by atoms with Crippen molar-refractivity contribution in [2.75, 3.05) is 6.54 Å². The first kappa shape index (κ1) is 19.8. The van der Waals surface area contributed by atoms with E-state index in [1.807, 2.05) is 13.8 Å². The van der Waals surface area contributed by atoms with Crippen molar-refractivity contribution in [3.63, 3.8) is 0 Å². The van der Waals surface area contributed by atoms with Crippen molar-refractivity contribution < 1.29 is 19.6 Å². The SMILES string of the molecule is CC(C)C[C@H](NC(=O)CNC(=O)c1ccc(Cl)cc1Cl)B(O)O. The first-order valence-corrected chi connectivity index (χ1v) is 7.85. The molecule has 4 N–H and O–H groups in total. The van der Waals surface area contributed by atoms with E-state index < -0.39 is 24.9 Å². The highest BCUT2D eigenvalue weighted by atomic mass is 35.5. The summed E-state index contributed by atoms with van der Waals surface area (Å²) in [5.41, 5.74) is 0.199. The summed E-state index contributed by atoms with van der Waals surface area (Å²) in [6.45, 7) is 3.48. The van der Waals surface area contributed by atoms with Crippen LogP contribution in [0, 0.1) is 5.92 Å². The molecule has 6 nitrogen and oxygen atoms in total. The van der Waals surface area contributed by atoms with Gasteiger partial charge < -0.3 is 20.7 Å². The van der Waals surface area contributed by atoms with E-state index in [1.165, 1.54) is 18.2 Å². The number of nitrogens with one attached hydrogen (secondary N) is 2. The van der Waals surface area contributed by atoms with Crippen molar-refractivity contribution in [2.24, 2.45) is 5.92 Å². The third-order valence-corrected chi connectivity index (χ3v) is 3.56. The monoisotopic (exact) mass is 360 g/mol. The lowest BCUT2D eigenvalue weighted by atomic mass is 9.75. The van der Waals surface area contributed by atoms with Gasteiger partial charge in [0.2, 0.25) is 5.91 Å². The molecule has 1 aromatic carbocycles. The highest BCUT2D eigenvalue weighted by Gasteiger charge is 2.26. The van der Waals surface area contributed by atoms with Gasteiger partial charge in [0.05, 0.1) is 23.1 Å². The average molecular weight is 361 g/mol.